The Morgan fingerprint density at radius 3 is 1.83 bits per heavy atom. The van der Waals surface area contributed by atoms with Crippen molar-refractivity contribution in [3.63, 3.8) is 0 Å². The maximum absolute atomic E-state index is 12.4. The zero-order valence-electron chi connectivity index (χ0n) is 14.8. The number of carbonyl (C=O) groups excluding carboxylic acids is 3. The van der Waals surface area contributed by atoms with Crippen molar-refractivity contribution in [2.75, 3.05) is 13.1 Å². The molecule has 0 aliphatic heterocycles. The molecule has 0 fully saturated rings. The van der Waals surface area contributed by atoms with Gasteiger partial charge in [-0.1, -0.05) is 0 Å². The molecule has 1 aromatic rings. The molecular weight excluding hydrogens is 332 g/mol. The van der Waals surface area contributed by atoms with Gasteiger partial charge in [0.05, 0.1) is 0 Å². The Kier molecular flexibility index (Phi) is 6.48. The molecule has 7 nitrogen and oxygen atoms in total. The van der Waals surface area contributed by atoms with E-state index in [0.717, 1.165) is 16.2 Å². The fourth-order valence-electron chi connectivity index (χ4n) is 1.70. The summed E-state index contributed by atoms with van der Waals surface area (Å²) in [6.45, 7) is 9.60. The highest BCUT2D eigenvalue weighted by Crippen LogP contribution is 2.12. The smallest absolute Gasteiger partial charge is 0.326 e. The van der Waals surface area contributed by atoms with Crippen LogP contribution in [0, 0.1) is 5.51 Å². The Bertz CT molecular complexity index is 555. The number of rotatable bonds is 5. The summed E-state index contributed by atoms with van der Waals surface area (Å²) in [7, 11) is 0. The third-order valence-electron chi connectivity index (χ3n) is 2.38. The fraction of sp³-hybridized carbons (Fsp3) is 0.625. The lowest BCUT2D eigenvalue weighted by atomic mass is 10.2. The topological polar surface area (TPSA) is 85.8 Å². The second kappa shape index (κ2) is 7.74. The summed E-state index contributed by atoms with van der Waals surface area (Å²) in [6.07, 6.45) is 0. The van der Waals surface area contributed by atoms with Gasteiger partial charge in [0.2, 0.25) is 0 Å². The second-order valence-corrected chi connectivity index (χ2v) is 7.81. The minimum atomic E-state index is -0.688. The second-order valence-electron chi connectivity index (χ2n) is 7.16. The third-order valence-corrected chi connectivity index (χ3v) is 2.91. The van der Waals surface area contributed by atoms with E-state index in [4.69, 9.17) is 9.47 Å². The van der Waals surface area contributed by atoms with Crippen LogP contribution in [0.1, 0.15) is 52.0 Å². The highest BCUT2D eigenvalue weighted by Gasteiger charge is 2.27. The number of hydrogen-bond donors (Lipinski definition) is 0. The molecule has 0 aliphatic rings. The molecular formula is C16H23N2O5S. The summed E-state index contributed by atoms with van der Waals surface area (Å²) in [4.78, 5) is 41.3. The first-order chi connectivity index (χ1) is 10.9. The molecule has 0 N–H and O–H groups in total. The average molecular weight is 355 g/mol. The quantitative estimate of drug-likeness (QED) is 0.752. The van der Waals surface area contributed by atoms with Crippen molar-refractivity contribution >= 4 is 29.2 Å². The molecule has 0 aliphatic carbocycles. The van der Waals surface area contributed by atoms with Crippen molar-refractivity contribution in [3.8, 4) is 0 Å². The lowest BCUT2D eigenvalue weighted by Gasteiger charge is -2.26. The molecule has 133 valence electrons. The highest BCUT2D eigenvalue weighted by atomic mass is 32.1. The third kappa shape index (κ3) is 7.54. The molecule has 0 aromatic carbocycles. The van der Waals surface area contributed by atoms with Gasteiger partial charge in [0, 0.05) is 5.38 Å². The Balaban J connectivity index is 2.85. The van der Waals surface area contributed by atoms with Gasteiger partial charge in [-0.05, 0) is 41.5 Å². The first kappa shape index (κ1) is 20.1. The van der Waals surface area contributed by atoms with E-state index in [1.165, 1.54) is 5.38 Å². The molecule has 0 spiro atoms. The summed E-state index contributed by atoms with van der Waals surface area (Å²) in [5, 5.41) is 1.50. The molecule has 1 aromatic heterocycles. The summed E-state index contributed by atoms with van der Waals surface area (Å²) < 4.78 is 10.4. The summed E-state index contributed by atoms with van der Waals surface area (Å²) in [6, 6.07) is 0. The number of nitrogens with zero attached hydrogens (tertiary/aromatic N) is 2. The van der Waals surface area contributed by atoms with Gasteiger partial charge in [-0.2, -0.15) is 0 Å². The Labute approximate surface area is 146 Å². The first-order valence-electron chi connectivity index (χ1n) is 7.42. The zero-order chi connectivity index (χ0) is 18.5. The number of aromatic nitrogens is 1. The van der Waals surface area contributed by atoms with E-state index in [2.05, 4.69) is 10.5 Å². The van der Waals surface area contributed by atoms with Crippen LogP contribution < -0.4 is 0 Å². The molecule has 1 radical (unpaired) electrons. The largest absolute Gasteiger partial charge is 0.459 e. The molecule has 8 heteroatoms. The summed E-state index contributed by atoms with van der Waals surface area (Å²) >= 11 is 1.13. The van der Waals surface area contributed by atoms with Crippen LogP contribution in [0.5, 0.6) is 0 Å². The van der Waals surface area contributed by atoms with E-state index in [9.17, 15) is 14.4 Å². The molecule has 0 saturated heterocycles. The standard InChI is InChI=1S/C16H23N2O5S/c1-15(2,3)22-12(19)7-18(8-13(20)23-16(4,5)6)14(21)11-9-24-10-17-11/h9H,7-8H2,1-6H3. The minimum Gasteiger partial charge on any atom is -0.459 e. The number of ether oxygens (including phenoxy) is 2. The monoisotopic (exact) mass is 355 g/mol. The van der Waals surface area contributed by atoms with Gasteiger partial charge in [-0.25, -0.2) is 4.98 Å². The van der Waals surface area contributed by atoms with E-state index in [1.807, 2.05) is 0 Å². The van der Waals surface area contributed by atoms with E-state index in [-0.39, 0.29) is 18.8 Å². The Morgan fingerprint density at radius 1 is 1.04 bits per heavy atom. The molecule has 0 unspecified atom stereocenters. The van der Waals surface area contributed by atoms with Crippen molar-refractivity contribution in [3.05, 3.63) is 16.6 Å². The van der Waals surface area contributed by atoms with Gasteiger partial charge in [-0.3, -0.25) is 14.4 Å². The maximum Gasteiger partial charge on any atom is 0.326 e. The summed E-state index contributed by atoms with van der Waals surface area (Å²) in [5.41, 5.74) is 1.30. The van der Waals surface area contributed by atoms with Crippen LogP contribution in [-0.4, -0.2) is 52.0 Å². The summed E-state index contributed by atoms with van der Waals surface area (Å²) in [5.74, 6) is -1.78. The van der Waals surface area contributed by atoms with Crippen molar-refractivity contribution in [1.82, 2.24) is 9.88 Å². The molecule has 0 atom stereocenters. The van der Waals surface area contributed by atoms with Crippen LogP contribution in [0.2, 0.25) is 0 Å². The predicted molar refractivity (Wildman–Crippen MR) is 88.5 cm³/mol. The normalized spacial score (nSPS) is 11.8. The number of carbonyl (C=O) groups is 3. The van der Waals surface area contributed by atoms with Crippen LogP contribution in [0.15, 0.2) is 5.38 Å². The highest BCUT2D eigenvalue weighted by molar-refractivity contribution is 7.07. The zero-order valence-corrected chi connectivity index (χ0v) is 15.7. The molecule has 0 saturated carbocycles. The van der Waals surface area contributed by atoms with E-state index in [0.29, 0.717) is 0 Å². The number of hydrogen-bond acceptors (Lipinski definition) is 7. The van der Waals surface area contributed by atoms with Gasteiger partial charge in [0.15, 0.2) is 5.51 Å². The van der Waals surface area contributed by atoms with Gasteiger partial charge in [0.1, 0.15) is 30.0 Å². The van der Waals surface area contributed by atoms with Crippen LogP contribution in [0.4, 0.5) is 0 Å². The molecule has 1 amide bonds. The Morgan fingerprint density at radius 2 is 1.50 bits per heavy atom. The lowest BCUT2D eigenvalue weighted by molar-refractivity contribution is -0.158. The van der Waals surface area contributed by atoms with Crippen LogP contribution >= 0.6 is 11.3 Å². The van der Waals surface area contributed by atoms with E-state index < -0.39 is 29.0 Å². The van der Waals surface area contributed by atoms with Crippen molar-refractivity contribution in [2.24, 2.45) is 0 Å². The maximum atomic E-state index is 12.4. The fourth-order valence-corrected chi connectivity index (χ4v) is 2.17. The van der Waals surface area contributed by atoms with Crippen molar-refractivity contribution < 1.29 is 23.9 Å². The number of amides is 1. The van der Waals surface area contributed by atoms with Gasteiger partial charge >= 0.3 is 11.9 Å². The van der Waals surface area contributed by atoms with Crippen molar-refractivity contribution in [1.29, 1.82) is 0 Å². The SMILES string of the molecule is CC(C)(C)OC(=O)CN(CC(=O)OC(C)(C)C)C(=O)c1cs[c]n1. The lowest BCUT2D eigenvalue weighted by Crippen LogP contribution is -2.43. The van der Waals surface area contributed by atoms with Gasteiger partial charge < -0.3 is 14.4 Å². The van der Waals surface area contributed by atoms with Crippen LogP contribution in [-0.2, 0) is 19.1 Å². The number of thiazole rings is 1. The van der Waals surface area contributed by atoms with Crippen LogP contribution in [0.25, 0.3) is 0 Å². The predicted octanol–water partition coefficient (Wildman–Crippen LogP) is 2.07. The van der Waals surface area contributed by atoms with Gasteiger partial charge in [-0.15, -0.1) is 11.3 Å². The van der Waals surface area contributed by atoms with Crippen LogP contribution in [0.3, 0.4) is 0 Å². The van der Waals surface area contributed by atoms with Gasteiger partial charge in [0.25, 0.3) is 5.91 Å². The minimum absolute atomic E-state index is 0.118. The van der Waals surface area contributed by atoms with Crippen molar-refractivity contribution in [2.45, 2.75) is 52.7 Å². The van der Waals surface area contributed by atoms with E-state index >= 15 is 0 Å². The molecule has 1 rings (SSSR count). The number of esters is 2. The molecule has 0 bridgehead atoms. The van der Waals surface area contributed by atoms with E-state index in [1.54, 1.807) is 41.5 Å². The molecule has 24 heavy (non-hydrogen) atoms. The molecule has 1 heterocycles. The average Bonchev–Trinajstić information content (AvgIpc) is 2.85. The first-order valence-corrected chi connectivity index (χ1v) is 8.30. The Hall–Kier alpha value is -1.96.